The van der Waals surface area contributed by atoms with Gasteiger partial charge in [0.2, 0.25) is 0 Å². The lowest BCUT2D eigenvalue weighted by Crippen LogP contribution is -2.47. The number of nitrogens with zero attached hydrogens (tertiary/aromatic N) is 2. The van der Waals surface area contributed by atoms with Gasteiger partial charge in [-0.25, -0.2) is 0 Å². The van der Waals surface area contributed by atoms with Crippen molar-refractivity contribution in [2.45, 2.75) is 51.8 Å². The number of methoxy groups -OCH3 is 1. The number of rotatable bonds is 5. The molecule has 1 aliphatic heterocycles. The smallest absolute Gasteiger partial charge is 0.297 e. The van der Waals surface area contributed by atoms with Crippen molar-refractivity contribution in [3.05, 3.63) is 12.0 Å². The van der Waals surface area contributed by atoms with Crippen molar-refractivity contribution >= 4 is 6.01 Å². The fraction of sp³-hybridized carbons (Fsp3) is 0.786. The Morgan fingerprint density at radius 3 is 3.05 bits per heavy atom. The summed E-state index contributed by atoms with van der Waals surface area (Å²) >= 11 is 0. The Morgan fingerprint density at radius 1 is 1.58 bits per heavy atom. The number of aromatic nitrogens is 1. The highest BCUT2D eigenvalue weighted by Crippen LogP contribution is 2.27. The molecule has 0 amide bonds. The van der Waals surface area contributed by atoms with Gasteiger partial charge < -0.3 is 19.4 Å². The zero-order valence-corrected chi connectivity index (χ0v) is 12.4. The van der Waals surface area contributed by atoms with Gasteiger partial charge in [-0.2, -0.15) is 4.98 Å². The number of oxazole rings is 1. The van der Waals surface area contributed by atoms with Crippen molar-refractivity contribution in [2.24, 2.45) is 0 Å². The number of hydrogen-bond donors (Lipinski definition) is 1. The first-order valence-corrected chi connectivity index (χ1v) is 7.00. The molecular formula is C14H25N3O2. The Labute approximate surface area is 115 Å². The van der Waals surface area contributed by atoms with Crippen LogP contribution in [0.25, 0.3) is 0 Å². The molecule has 1 saturated heterocycles. The molecule has 5 heteroatoms. The molecule has 0 aromatic carbocycles. The van der Waals surface area contributed by atoms with Gasteiger partial charge in [-0.1, -0.05) is 13.8 Å². The summed E-state index contributed by atoms with van der Waals surface area (Å²) in [6.07, 6.45) is 3.93. The van der Waals surface area contributed by atoms with Crippen LogP contribution in [0, 0.1) is 0 Å². The normalized spacial score (nSPS) is 24.2. The molecule has 0 saturated carbocycles. The van der Waals surface area contributed by atoms with Crippen molar-refractivity contribution in [3.63, 3.8) is 0 Å². The Hall–Kier alpha value is -1.07. The molecule has 0 aliphatic carbocycles. The van der Waals surface area contributed by atoms with Crippen molar-refractivity contribution in [2.75, 3.05) is 25.1 Å². The van der Waals surface area contributed by atoms with Gasteiger partial charge in [-0.15, -0.1) is 0 Å². The molecule has 1 atom stereocenters. The van der Waals surface area contributed by atoms with Gasteiger partial charge in [-0.05, 0) is 19.8 Å². The van der Waals surface area contributed by atoms with E-state index in [1.54, 1.807) is 13.4 Å². The van der Waals surface area contributed by atoms with Gasteiger partial charge in [0.25, 0.3) is 6.01 Å². The fourth-order valence-corrected chi connectivity index (χ4v) is 2.37. The molecule has 0 spiro atoms. The van der Waals surface area contributed by atoms with Gasteiger partial charge >= 0.3 is 0 Å². The largest absolute Gasteiger partial charge is 0.432 e. The Kier molecular flexibility index (Phi) is 4.47. The Bertz CT molecular complexity index is 405. The lowest BCUT2D eigenvalue weighted by molar-refractivity contribution is -0.00564. The van der Waals surface area contributed by atoms with Crippen molar-refractivity contribution in [1.29, 1.82) is 0 Å². The molecule has 1 N–H and O–H groups in total. The van der Waals surface area contributed by atoms with Gasteiger partial charge in [0, 0.05) is 26.2 Å². The molecule has 5 nitrogen and oxygen atoms in total. The van der Waals surface area contributed by atoms with Gasteiger partial charge in [0.1, 0.15) is 6.26 Å². The summed E-state index contributed by atoms with van der Waals surface area (Å²) in [5.74, 6) is 0. The summed E-state index contributed by atoms with van der Waals surface area (Å²) in [6.45, 7) is 8.95. The maximum atomic E-state index is 5.59. The van der Waals surface area contributed by atoms with Crippen LogP contribution in [0.4, 0.5) is 6.01 Å². The van der Waals surface area contributed by atoms with Crippen molar-refractivity contribution in [1.82, 2.24) is 10.3 Å². The summed E-state index contributed by atoms with van der Waals surface area (Å²) in [5, 5.41) is 3.34. The minimum atomic E-state index is -0.0942. The van der Waals surface area contributed by atoms with Crippen molar-refractivity contribution in [3.8, 4) is 0 Å². The molecule has 1 aromatic heterocycles. The molecule has 19 heavy (non-hydrogen) atoms. The second-order valence-corrected chi connectivity index (χ2v) is 5.84. The van der Waals surface area contributed by atoms with Crippen LogP contribution in [0.5, 0.6) is 0 Å². The number of ether oxygens (including phenoxy) is 1. The van der Waals surface area contributed by atoms with Crippen LogP contribution in [-0.4, -0.2) is 36.8 Å². The van der Waals surface area contributed by atoms with Crippen LogP contribution >= 0.6 is 0 Å². The van der Waals surface area contributed by atoms with Crippen LogP contribution in [-0.2, 0) is 11.3 Å². The van der Waals surface area contributed by atoms with Gasteiger partial charge in [0.15, 0.2) is 0 Å². The first-order chi connectivity index (χ1) is 9.02. The predicted molar refractivity (Wildman–Crippen MR) is 75.3 cm³/mol. The highest BCUT2D eigenvalue weighted by atomic mass is 16.5. The molecule has 2 heterocycles. The van der Waals surface area contributed by atoms with E-state index in [0.717, 1.165) is 38.2 Å². The quantitative estimate of drug-likeness (QED) is 0.886. The first-order valence-electron chi connectivity index (χ1n) is 7.00. The van der Waals surface area contributed by atoms with Gasteiger partial charge in [0.05, 0.1) is 17.8 Å². The third-order valence-corrected chi connectivity index (χ3v) is 3.65. The van der Waals surface area contributed by atoms with E-state index in [1.165, 1.54) is 0 Å². The average Bonchev–Trinajstić information content (AvgIpc) is 2.85. The van der Waals surface area contributed by atoms with E-state index in [-0.39, 0.29) is 5.60 Å². The third kappa shape index (κ3) is 3.70. The van der Waals surface area contributed by atoms with Crippen LogP contribution in [0.2, 0.25) is 0 Å². The highest BCUT2D eigenvalue weighted by Gasteiger charge is 2.32. The van der Waals surface area contributed by atoms with E-state index < -0.39 is 0 Å². The summed E-state index contributed by atoms with van der Waals surface area (Å²) < 4.78 is 11.2. The Morgan fingerprint density at radius 2 is 2.37 bits per heavy atom. The van der Waals surface area contributed by atoms with E-state index in [0.29, 0.717) is 12.1 Å². The van der Waals surface area contributed by atoms with Crippen LogP contribution in [0.1, 0.15) is 39.3 Å². The van der Waals surface area contributed by atoms with E-state index in [4.69, 9.17) is 9.15 Å². The number of anilines is 1. The molecule has 1 unspecified atom stereocenters. The summed E-state index contributed by atoms with van der Waals surface area (Å²) in [7, 11) is 1.77. The van der Waals surface area contributed by atoms with Crippen LogP contribution in [0.15, 0.2) is 10.7 Å². The standard InChI is InChI=1S/C14H25N3O2/c1-11(2)15-8-12-9-19-13(16-12)17-7-5-6-14(3,10-17)18-4/h9,11,15H,5-8,10H2,1-4H3. The minimum Gasteiger partial charge on any atom is -0.432 e. The molecule has 0 radical (unpaired) electrons. The van der Waals surface area contributed by atoms with Crippen LogP contribution in [0.3, 0.4) is 0 Å². The molecule has 2 rings (SSSR count). The minimum absolute atomic E-state index is 0.0942. The first kappa shape index (κ1) is 14.3. The SMILES string of the molecule is COC1(C)CCCN(c2nc(CNC(C)C)co2)C1. The van der Waals surface area contributed by atoms with Crippen LogP contribution < -0.4 is 10.2 Å². The molecule has 0 bridgehead atoms. The van der Waals surface area contributed by atoms with Crippen molar-refractivity contribution < 1.29 is 9.15 Å². The topological polar surface area (TPSA) is 50.5 Å². The van der Waals surface area contributed by atoms with Gasteiger partial charge in [-0.3, -0.25) is 0 Å². The van der Waals surface area contributed by atoms with E-state index in [2.05, 4.69) is 36.0 Å². The molecule has 1 aliphatic rings. The lowest BCUT2D eigenvalue weighted by atomic mass is 9.95. The maximum Gasteiger partial charge on any atom is 0.297 e. The predicted octanol–water partition coefficient (Wildman–Crippen LogP) is 2.18. The van der Waals surface area contributed by atoms with E-state index >= 15 is 0 Å². The zero-order valence-electron chi connectivity index (χ0n) is 12.4. The molecular weight excluding hydrogens is 242 g/mol. The number of piperidine rings is 1. The molecule has 1 aromatic rings. The third-order valence-electron chi connectivity index (χ3n) is 3.65. The molecule has 1 fully saturated rings. The maximum absolute atomic E-state index is 5.59. The molecule has 108 valence electrons. The number of nitrogens with one attached hydrogen (secondary N) is 1. The van der Waals surface area contributed by atoms with E-state index in [9.17, 15) is 0 Å². The number of hydrogen-bond acceptors (Lipinski definition) is 5. The second kappa shape index (κ2) is 5.92. The highest BCUT2D eigenvalue weighted by molar-refractivity contribution is 5.29. The Balaban J connectivity index is 1.98. The fourth-order valence-electron chi connectivity index (χ4n) is 2.37. The second-order valence-electron chi connectivity index (χ2n) is 5.84. The monoisotopic (exact) mass is 267 g/mol. The summed E-state index contributed by atoms with van der Waals surface area (Å²) in [4.78, 5) is 6.72. The summed E-state index contributed by atoms with van der Waals surface area (Å²) in [6, 6.07) is 1.16. The van der Waals surface area contributed by atoms with E-state index in [1.807, 2.05) is 0 Å². The average molecular weight is 267 g/mol. The summed E-state index contributed by atoms with van der Waals surface area (Å²) in [5.41, 5.74) is 0.858. The lowest BCUT2D eigenvalue weighted by Gasteiger charge is -2.38. The zero-order chi connectivity index (χ0) is 13.9.